The van der Waals surface area contributed by atoms with Gasteiger partial charge in [0.05, 0.1) is 17.2 Å². The SMILES string of the molecule is O=c1[nH]cnc2c3c(ccc12)CCC3. The van der Waals surface area contributed by atoms with Gasteiger partial charge in [-0.15, -0.1) is 0 Å². The van der Waals surface area contributed by atoms with Crippen molar-refractivity contribution in [2.24, 2.45) is 0 Å². The molecule has 0 aliphatic heterocycles. The summed E-state index contributed by atoms with van der Waals surface area (Å²) in [5, 5.41) is 0.716. The number of nitrogens with zero attached hydrogens (tertiary/aromatic N) is 1. The molecule has 1 aromatic heterocycles. The molecule has 1 N–H and O–H groups in total. The van der Waals surface area contributed by atoms with Crippen molar-refractivity contribution in [1.29, 1.82) is 0 Å². The number of benzene rings is 1. The predicted molar refractivity (Wildman–Crippen MR) is 54.4 cm³/mol. The Morgan fingerprint density at radius 2 is 2.21 bits per heavy atom. The monoisotopic (exact) mass is 186 g/mol. The molecule has 3 rings (SSSR count). The van der Waals surface area contributed by atoms with Gasteiger partial charge in [-0.05, 0) is 36.5 Å². The standard InChI is InChI=1S/C11H10N2O/c14-11-9-5-4-7-2-1-3-8(7)10(9)12-6-13-11/h4-6H,1-3H2,(H,12,13,14). The lowest BCUT2D eigenvalue weighted by molar-refractivity contribution is 0.912. The summed E-state index contributed by atoms with van der Waals surface area (Å²) >= 11 is 0. The average Bonchev–Trinajstić information content (AvgIpc) is 2.66. The summed E-state index contributed by atoms with van der Waals surface area (Å²) in [5.74, 6) is 0. The predicted octanol–water partition coefficient (Wildman–Crippen LogP) is 1.41. The van der Waals surface area contributed by atoms with Gasteiger partial charge in [0.25, 0.3) is 5.56 Å². The maximum Gasteiger partial charge on any atom is 0.258 e. The Labute approximate surface area is 80.8 Å². The molecule has 0 fully saturated rings. The van der Waals surface area contributed by atoms with Crippen molar-refractivity contribution in [3.05, 3.63) is 39.9 Å². The Balaban J connectivity index is 2.50. The van der Waals surface area contributed by atoms with Crippen molar-refractivity contribution < 1.29 is 0 Å². The lowest BCUT2D eigenvalue weighted by Crippen LogP contribution is -2.07. The van der Waals surface area contributed by atoms with Crippen LogP contribution >= 0.6 is 0 Å². The molecule has 3 nitrogen and oxygen atoms in total. The van der Waals surface area contributed by atoms with Gasteiger partial charge in [-0.25, -0.2) is 4.98 Å². The largest absolute Gasteiger partial charge is 0.313 e. The second kappa shape index (κ2) is 2.67. The molecule has 0 atom stereocenters. The van der Waals surface area contributed by atoms with Gasteiger partial charge in [-0.2, -0.15) is 0 Å². The van der Waals surface area contributed by atoms with Crippen LogP contribution < -0.4 is 5.56 Å². The fourth-order valence-corrected chi connectivity index (χ4v) is 2.21. The quantitative estimate of drug-likeness (QED) is 0.676. The van der Waals surface area contributed by atoms with Crippen LogP contribution in [0.25, 0.3) is 10.9 Å². The van der Waals surface area contributed by atoms with E-state index in [0.29, 0.717) is 5.39 Å². The molecule has 1 aromatic carbocycles. The third-order valence-electron chi connectivity index (χ3n) is 2.89. The molecule has 14 heavy (non-hydrogen) atoms. The number of aryl methyl sites for hydroxylation is 2. The molecular formula is C11H10N2O. The van der Waals surface area contributed by atoms with E-state index in [4.69, 9.17) is 0 Å². The summed E-state index contributed by atoms with van der Waals surface area (Å²) in [4.78, 5) is 18.3. The molecular weight excluding hydrogens is 176 g/mol. The zero-order chi connectivity index (χ0) is 9.54. The fraction of sp³-hybridized carbons (Fsp3) is 0.273. The lowest BCUT2D eigenvalue weighted by atomic mass is 10.1. The Kier molecular flexibility index (Phi) is 1.48. The highest BCUT2D eigenvalue weighted by Crippen LogP contribution is 2.26. The van der Waals surface area contributed by atoms with E-state index in [9.17, 15) is 4.79 Å². The smallest absolute Gasteiger partial charge is 0.258 e. The van der Waals surface area contributed by atoms with Crippen LogP contribution in [0, 0.1) is 0 Å². The van der Waals surface area contributed by atoms with Crippen molar-refractivity contribution in [3.63, 3.8) is 0 Å². The molecule has 0 spiro atoms. The van der Waals surface area contributed by atoms with Crippen LogP contribution in [0.3, 0.4) is 0 Å². The molecule has 1 aliphatic carbocycles. The third-order valence-corrected chi connectivity index (χ3v) is 2.89. The van der Waals surface area contributed by atoms with E-state index in [1.165, 1.54) is 23.9 Å². The summed E-state index contributed by atoms with van der Waals surface area (Å²) in [7, 11) is 0. The minimum Gasteiger partial charge on any atom is -0.313 e. The number of H-pyrrole nitrogens is 1. The van der Waals surface area contributed by atoms with E-state index in [2.05, 4.69) is 16.0 Å². The van der Waals surface area contributed by atoms with Gasteiger partial charge in [0.1, 0.15) is 0 Å². The Hall–Kier alpha value is -1.64. The molecule has 0 unspecified atom stereocenters. The van der Waals surface area contributed by atoms with E-state index in [-0.39, 0.29) is 5.56 Å². The second-order valence-corrected chi connectivity index (χ2v) is 3.68. The van der Waals surface area contributed by atoms with Gasteiger partial charge >= 0.3 is 0 Å². The Morgan fingerprint density at radius 1 is 1.29 bits per heavy atom. The van der Waals surface area contributed by atoms with Gasteiger partial charge in [0, 0.05) is 0 Å². The summed E-state index contributed by atoms with van der Waals surface area (Å²) in [6.45, 7) is 0. The number of rotatable bonds is 0. The van der Waals surface area contributed by atoms with Crippen molar-refractivity contribution >= 4 is 10.9 Å². The first-order valence-electron chi connectivity index (χ1n) is 4.84. The molecule has 0 bridgehead atoms. The summed E-state index contributed by atoms with van der Waals surface area (Å²) in [6, 6.07) is 3.94. The Morgan fingerprint density at radius 3 is 3.14 bits per heavy atom. The van der Waals surface area contributed by atoms with Crippen molar-refractivity contribution in [2.75, 3.05) is 0 Å². The Bertz CT molecular complexity index is 557. The van der Waals surface area contributed by atoms with Gasteiger partial charge in [-0.1, -0.05) is 6.07 Å². The fourth-order valence-electron chi connectivity index (χ4n) is 2.21. The average molecular weight is 186 g/mol. The third kappa shape index (κ3) is 0.923. The van der Waals surface area contributed by atoms with E-state index in [1.54, 1.807) is 0 Å². The zero-order valence-electron chi connectivity index (χ0n) is 7.71. The van der Waals surface area contributed by atoms with Gasteiger partial charge in [0.15, 0.2) is 0 Å². The summed E-state index contributed by atoms with van der Waals surface area (Å²) in [6.07, 6.45) is 4.86. The number of aromatic amines is 1. The maximum atomic E-state index is 11.5. The molecule has 0 radical (unpaired) electrons. The highest BCUT2D eigenvalue weighted by atomic mass is 16.1. The van der Waals surface area contributed by atoms with Crippen LogP contribution in [0.5, 0.6) is 0 Å². The number of aromatic nitrogens is 2. The first-order chi connectivity index (χ1) is 6.86. The van der Waals surface area contributed by atoms with E-state index < -0.39 is 0 Å². The highest BCUT2D eigenvalue weighted by molar-refractivity contribution is 5.82. The van der Waals surface area contributed by atoms with Crippen LogP contribution in [-0.4, -0.2) is 9.97 Å². The van der Waals surface area contributed by atoms with E-state index in [1.807, 2.05) is 6.07 Å². The molecule has 2 aromatic rings. The zero-order valence-corrected chi connectivity index (χ0v) is 7.71. The van der Waals surface area contributed by atoms with Crippen molar-refractivity contribution in [1.82, 2.24) is 9.97 Å². The molecule has 1 heterocycles. The first-order valence-corrected chi connectivity index (χ1v) is 4.84. The molecule has 0 saturated heterocycles. The molecule has 70 valence electrons. The minimum atomic E-state index is -0.0373. The molecule has 0 saturated carbocycles. The van der Waals surface area contributed by atoms with Gasteiger partial charge in [-0.3, -0.25) is 4.79 Å². The number of fused-ring (bicyclic) bond motifs is 3. The minimum absolute atomic E-state index is 0.0373. The van der Waals surface area contributed by atoms with Crippen LogP contribution in [0.1, 0.15) is 17.5 Å². The van der Waals surface area contributed by atoms with Gasteiger partial charge < -0.3 is 4.98 Å². The summed E-state index contributed by atoms with van der Waals surface area (Å²) < 4.78 is 0. The number of hydrogen-bond donors (Lipinski definition) is 1. The van der Waals surface area contributed by atoms with Crippen LogP contribution in [0.4, 0.5) is 0 Å². The van der Waals surface area contributed by atoms with Crippen LogP contribution in [-0.2, 0) is 12.8 Å². The van der Waals surface area contributed by atoms with Gasteiger partial charge in [0.2, 0.25) is 0 Å². The van der Waals surface area contributed by atoms with E-state index >= 15 is 0 Å². The number of hydrogen-bond acceptors (Lipinski definition) is 2. The van der Waals surface area contributed by atoms with Crippen LogP contribution in [0.2, 0.25) is 0 Å². The topological polar surface area (TPSA) is 45.8 Å². The lowest BCUT2D eigenvalue weighted by Gasteiger charge is -2.02. The maximum absolute atomic E-state index is 11.5. The highest BCUT2D eigenvalue weighted by Gasteiger charge is 2.15. The van der Waals surface area contributed by atoms with Crippen molar-refractivity contribution in [2.45, 2.75) is 19.3 Å². The van der Waals surface area contributed by atoms with E-state index in [0.717, 1.165) is 18.4 Å². The first kappa shape index (κ1) is 7.74. The van der Waals surface area contributed by atoms with Crippen molar-refractivity contribution in [3.8, 4) is 0 Å². The normalized spacial score (nSPS) is 14.6. The molecule has 0 amide bonds. The molecule has 1 aliphatic rings. The summed E-state index contributed by atoms with van der Waals surface area (Å²) in [5.41, 5.74) is 3.48. The second-order valence-electron chi connectivity index (χ2n) is 3.68. The molecule has 3 heteroatoms. The number of nitrogens with one attached hydrogen (secondary N) is 1. The van der Waals surface area contributed by atoms with Crippen LogP contribution in [0.15, 0.2) is 23.3 Å².